The van der Waals surface area contributed by atoms with Crippen LogP contribution < -0.4 is 10.6 Å². The van der Waals surface area contributed by atoms with Crippen molar-refractivity contribution in [1.29, 1.82) is 0 Å². The van der Waals surface area contributed by atoms with Crippen molar-refractivity contribution in [2.45, 2.75) is 20.3 Å². The number of rotatable bonds is 13. The number of ketones is 1. The van der Waals surface area contributed by atoms with Crippen LogP contribution in [0.5, 0.6) is 0 Å². The second kappa shape index (κ2) is 13.2. The Morgan fingerprint density at radius 1 is 1.00 bits per heavy atom. The summed E-state index contributed by atoms with van der Waals surface area (Å²) in [5.74, 6) is -0.677. The number of nitrogens with one attached hydrogen (secondary N) is 2. The normalized spacial score (nSPS) is 10.5. The van der Waals surface area contributed by atoms with Gasteiger partial charge in [0.15, 0.2) is 5.78 Å². The molecule has 0 aromatic heterocycles. The fourth-order valence-corrected chi connectivity index (χ4v) is 1.26. The van der Waals surface area contributed by atoms with Gasteiger partial charge in [-0.2, -0.15) is 0 Å². The first kappa shape index (κ1) is 20.5. The van der Waals surface area contributed by atoms with Crippen LogP contribution in [0.25, 0.3) is 0 Å². The molecule has 0 radical (unpaired) electrons. The number of Topliss-reactive ketones (excluding diaryl/α,β-unsaturated/α-hetero) is 1. The summed E-state index contributed by atoms with van der Waals surface area (Å²) < 4.78 is 10.1. The van der Waals surface area contributed by atoms with E-state index >= 15 is 0 Å². The quantitative estimate of drug-likeness (QED) is 0.370. The van der Waals surface area contributed by atoms with Crippen LogP contribution in [0.3, 0.4) is 0 Å². The molecule has 0 spiro atoms. The first-order valence-electron chi connectivity index (χ1n) is 7.29. The molecule has 128 valence electrons. The van der Waals surface area contributed by atoms with E-state index in [1.165, 1.54) is 0 Å². The Bertz CT molecular complexity index is 346. The van der Waals surface area contributed by atoms with Crippen molar-refractivity contribution in [3.8, 4) is 0 Å². The summed E-state index contributed by atoms with van der Waals surface area (Å²) in [6.45, 7) is 4.33. The van der Waals surface area contributed by atoms with Gasteiger partial charge in [-0.15, -0.1) is 0 Å². The monoisotopic (exact) mass is 318 g/mol. The maximum Gasteiger partial charge on any atom is 0.239 e. The van der Waals surface area contributed by atoms with Crippen molar-refractivity contribution in [2.24, 2.45) is 5.92 Å². The fourth-order valence-electron chi connectivity index (χ4n) is 1.26. The number of ether oxygens (including phenoxy) is 2. The van der Waals surface area contributed by atoms with Gasteiger partial charge in [0.1, 0.15) is 6.61 Å². The summed E-state index contributed by atoms with van der Waals surface area (Å²) in [6.07, 6.45) is 0.133. The summed E-state index contributed by atoms with van der Waals surface area (Å²) in [4.78, 5) is 34.0. The van der Waals surface area contributed by atoms with Crippen LogP contribution in [0, 0.1) is 5.92 Å². The zero-order valence-electron chi connectivity index (χ0n) is 13.2. The van der Waals surface area contributed by atoms with Gasteiger partial charge in [-0.05, 0) is 0 Å². The predicted molar refractivity (Wildman–Crippen MR) is 79.2 cm³/mol. The topological polar surface area (TPSA) is 114 Å². The lowest BCUT2D eigenvalue weighted by atomic mass is 10.1. The Kier molecular flexibility index (Phi) is 12.3. The smallest absolute Gasteiger partial charge is 0.239 e. The lowest BCUT2D eigenvalue weighted by molar-refractivity contribution is -0.127. The predicted octanol–water partition coefficient (Wildman–Crippen LogP) is -1.14. The van der Waals surface area contributed by atoms with Crippen LogP contribution in [-0.2, 0) is 23.9 Å². The van der Waals surface area contributed by atoms with Gasteiger partial charge in [0, 0.05) is 18.9 Å². The highest BCUT2D eigenvalue weighted by Crippen LogP contribution is 1.93. The SMILES string of the molecule is CC(C)C(=O)COCCNC(=O)CNC(=O)CCOCCO. The summed E-state index contributed by atoms with van der Waals surface area (Å²) in [5, 5.41) is 13.5. The molecule has 8 nitrogen and oxygen atoms in total. The van der Waals surface area contributed by atoms with Gasteiger partial charge in [-0.1, -0.05) is 13.8 Å². The molecule has 22 heavy (non-hydrogen) atoms. The van der Waals surface area contributed by atoms with E-state index in [2.05, 4.69) is 10.6 Å². The van der Waals surface area contributed by atoms with Crippen molar-refractivity contribution >= 4 is 17.6 Å². The Labute approximate surface area is 130 Å². The van der Waals surface area contributed by atoms with Crippen LogP contribution >= 0.6 is 0 Å². The van der Waals surface area contributed by atoms with E-state index < -0.39 is 0 Å². The summed E-state index contributed by atoms with van der Waals surface area (Å²) >= 11 is 0. The number of carbonyl (C=O) groups excluding carboxylic acids is 3. The van der Waals surface area contributed by atoms with Crippen LogP contribution in [0.15, 0.2) is 0 Å². The lowest BCUT2D eigenvalue weighted by Gasteiger charge is -2.08. The number of amides is 2. The molecule has 0 aliphatic heterocycles. The Morgan fingerprint density at radius 3 is 2.36 bits per heavy atom. The van der Waals surface area contributed by atoms with Gasteiger partial charge in [0.2, 0.25) is 11.8 Å². The van der Waals surface area contributed by atoms with Crippen molar-refractivity contribution in [3.05, 3.63) is 0 Å². The minimum absolute atomic E-state index is 0.0157. The van der Waals surface area contributed by atoms with Gasteiger partial charge in [-0.3, -0.25) is 14.4 Å². The molecule has 0 aliphatic carbocycles. The zero-order valence-corrected chi connectivity index (χ0v) is 13.2. The molecule has 0 aromatic carbocycles. The molecular formula is C14H26N2O6. The Hall–Kier alpha value is -1.51. The van der Waals surface area contributed by atoms with E-state index in [-0.39, 0.29) is 76.1 Å². The first-order valence-corrected chi connectivity index (χ1v) is 7.29. The fraction of sp³-hybridized carbons (Fsp3) is 0.786. The highest BCUT2D eigenvalue weighted by Gasteiger charge is 2.07. The molecule has 3 N–H and O–H groups in total. The molecule has 0 heterocycles. The van der Waals surface area contributed by atoms with Crippen molar-refractivity contribution in [2.75, 3.05) is 46.1 Å². The third kappa shape index (κ3) is 12.2. The standard InChI is InChI=1S/C14H26N2O6/c1-11(2)12(18)10-22-7-4-15-14(20)9-16-13(19)3-6-21-8-5-17/h11,17H,3-10H2,1-2H3,(H,15,20)(H,16,19). The lowest BCUT2D eigenvalue weighted by Crippen LogP contribution is -2.38. The van der Waals surface area contributed by atoms with Gasteiger partial charge in [0.25, 0.3) is 0 Å². The molecular weight excluding hydrogens is 292 g/mol. The van der Waals surface area contributed by atoms with Crippen molar-refractivity contribution < 1.29 is 29.0 Å². The van der Waals surface area contributed by atoms with Crippen molar-refractivity contribution in [1.82, 2.24) is 10.6 Å². The number of hydrogen-bond acceptors (Lipinski definition) is 6. The van der Waals surface area contributed by atoms with Crippen LogP contribution in [0.4, 0.5) is 0 Å². The largest absolute Gasteiger partial charge is 0.394 e. The average Bonchev–Trinajstić information content (AvgIpc) is 2.48. The third-order valence-electron chi connectivity index (χ3n) is 2.61. The number of hydrogen-bond donors (Lipinski definition) is 3. The number of carbonyl (C=O) groups is 3. The average molecular weight is 318 g/mol. The highest BCUT2D eigenvalue weighted by atomic mass is 16.5. The van der Waals surface area contributed by atoms with Gasteiger partial charge >= 0.3 is 0 Å². The Balaban J connectivity index is 3.50. The van der Waals surface area contributed by atoms with Gasteiger partial charge in [0.05, 0.1) is 33.0 Å². The second-order valence-corrected chi connectivity index (χ2v) is 4.89. The maximum atomic E-state index is 11.4. The van der Waals surface area contributed by atoms with Gasteiger partial charge in [-0.25, -0.2) is 0 Å². The molecule has 0 aromatic rings. The van der Waals surface area contributed by atoms with E-state index in [1.807, 2.05) is 0 Å². The first-order chi connectivity index (χ1) is 10.5. The minimum atomic E-state index is -0.330. The van der Waals surface area contributed by atoms with E-state index in [4.69, 9.17) is 14.6 Å². The number of aliphatic hydroxyl groups is 1. The summed E-state index contributed by atoms with van der Waals surface area (Å²) in [5.41, 5.74) is 0. The van der Waals surface area contributed by atoms with Gasteiger partial charge < -0.3 is 25.2 Å². The molecule has 8 heteroatoms. The number of aliphatic hydroxyl groups excluding tert-OH is 1. The molecule has 0 saturated carbocycles. The molecule has 0 bridgehead atoms. The van der Waals surface area contributed by atoms with E-state index in [0.717, 1.165) is 0 Å². The van der Waals surface area contributed by atoms with Crippen molar-refractivity contribution in [3.63, 3.8) is 0 Å². The Morgan fingerprint density at radius 2 is 1.73 bits per heavy atom. The minimum Gasteiger partial charge on any atom is -0.394 e. The van der Waals surface area contributed by atoms with Crippen LogP contribution in [0.1, 0.15) is 20.3 Å². The molecule has 2 amide bonds. The maximum absolute atomic E-state index is 11.4. The molecule has 0 aliphatic rings. The summed E-state index contributed by atoms with van der Waals surface area (Å²) in [7, 11) is 0. The highest BCUT2D eigenvalue weighted by molar-refractivity contribution is 5.84. The molecule has 0 atom stereocenters. The molecule has 0 saturated heterocycles. The van der Waals surface area contributed by atoms with E-state index in [1.54, 1.807) is 13.8 Å². The van der Waals surface area contributed by atoms with Crippen LogP contribution in [0.2, 0.25) is 0 Å². The molecule has 0 rings (SSSR count). The summed E-state index contributed by atoms with van der Waals surface area (Å²) in [6, 6.07) is 0. The molecule has 0 fully saturated rings. The van der Waals surface area contributed by atoms with E-state index in [9.17, 15) is 14.4 Å². The van der Waals surface area contributed by atoms with Crippen LogP contribution in [-0.4, -0.2) is 68.8 Å². The van der Waals surface area contributed by atoms with E-state index in [0.29, 0.717) is 0 Å². The second-order valence-electron chi connectivity index (χ2n) is 4.89. The molecule has 0 unspecified atom stereocenters. The third-order valence-corrected chi connectivity index (χ3v) is 2.61. The zero-order chi connectivity index (χ0) is 16.8.